The molecule has 0 saturated carbocycles. The molecule has 3 nitrogen and oxygen atoms in total. The predicted octanol–water partition coefficient (Wildman–Crippen LogP) is 3.82. The van der Waals surface area contributed by atoms with Crippen LogP contribution in [0.5, 0.6) is 0 Å². The molecule has 0 amide bonds. The second-order valence-electron chi connectivity index (χ2n) is 5.65. The molecule has 1 aliphatic heterocycles. The molecule has 4 rings (SSSR count). The Kier molecular flexibility index (Phi) is 2.18. The number of rotatable bonds is 0. The topological polar surface area (TPSA) is 41.8 Å². The second-order valence-corrected chi connectivity index (χ2v) is 7.78. The van der Waals surface area contributed by atoms with Crippen LogP contribution in [0.1, 0.15) is 25.0 Å². The molecule has 0 bridgehead atoms. The lowest BCUT2D eigenvalue weighted by molar-refractivity contribution is 0.640. The average Bonchev–Trinajstić information content (AvgIpc) is 2.89. The first-order chi connectivity index (χ1) is 9.57. The zero-order valence-corrected chi connectivity index (χ0v) is 12.1. The normalized spacial score (nSPS) is 23.8. The van der Waals surface area contributed by atoms with Crippen molar-refractivity contribution in [2.75, 3.05) is 0 Å². The van der Waals surface area contributed by atoms with E-state index < -0.39 is 20.5 Å². The van der Waals surface area contributed by atoms with Crippen molar-refractivity contribution >= 4 is 10.8 Å². The summed E-state index contributed by atoms with van der Waals surface area (Å²) in [6.07, 6.45) is 0. The Morgan fingerprint density at radius 2 is 1.35 bits per heavy atom. The average molecular weight is 282 g/mol. The van der Waals surface area contributed by atoms with Crippen LogP contribution in [0.25, 0.3) is 11.1 Å². The fraction of sp³-hybridized carbons (Fsp3) is 0.250. The van der Waals surface area contributed by atoms with Gasteiger partial charge in [-0.15, -0.1) is 0 Å². The molecule has 0 saturated heterocycles. The Morgan fingerprint density at radius 1 is 0.850 bits per heavy atom. The van der Waals surface area contributed by atoms with Gasteiger partial charge in [-0.25, -0.2) is 0 Å². The Bertz CT molecular complexity index is 734. The Hall–Kier alpha value is -1.81. The molecule has 0 aromatic heterocycles. The molecule has 100 valence electrons. The highest BCUT2D eigenvalue weighted by atomic mass is 32.2. The monoisotopic (exact) mass is 282 g/mol. The fourth-order valence-corrected chi connectivity index (χ4v) is 4.81. The lowest BCUT2D eigenvalue weighted by Gasteiger charge is -2.24. The van der Waals surface area contributed by atoms with E-state index >= 15 is 0 Å². The third kappa shape index (κ3) is 1.23. The molecule has 1 spiro atoms. The van der Waals surface area contributed by atoms with E-state index in [1.54, 1.807) is 0 Å². The summed E-state index contributed by atoms with van der Waals surface area (Å²) >= 11 is 0. The van der Waals surface area contributed by atoms with Crippen molar-refractivity contribution in [1.82, 2.24) is 0 Å². The van der Waals surface area contributed by atoms with Crippen LogP contribution in [-0.2, 0) is 15.7 Å². The van der Waals surface area contributed by atoms with Crippen LogP contribution in [0.2, 0.25) is 0 Å². The quantitative estimate of drug-likeness (QED) is 0.724. The summed E-state index contributed by atoms with van der Waals surface area (Å²) in [4.78, 5) is -1.47. The van der Waals surface area contributed by atoms with Gasteiger partial charge in [0.1, 0.15) is 0 Å². The molecule has 2 aliphatic rings. The van der Waals surface area contributed by atoms with Crippen molar-refractivity contribution in [3.05, 3.63) is 59.7 Å². The van der Waals surface area contributed by atoms with E-state index in [1.165, 1.54) is 0 Å². The maximum absolute atomic E-state index is 13.1. The van der Waals surface area contributed by atoms with E-state index in [1.807, 2.05) is 50.2 Å². The summed E-state index contributed by atoms with van der Waals surface area (Å²) in [7, 11) is -1.22. The van der Waals surface area contributed by atoms with Gasteiger partial charge in [-0.2, -0.15) is 10.2 Å². The van der Waals surface area contributed by atoms with Gasteiger partial charge in [0.25, 0.3) is 0 Å². The third-order valence-corrected chi connectivity index (χ3v) is 6.08. The van der Waals surface area contributed by atoms with E-state index in [4.69, 9.17) is 0 Å². The molecule has 0 fully saturated rings. The number of fused-ring (bicyclic) bond motifs is 5. The molecular formula is C16H14N2OS. The summed E-state index contributed by atoms with van der Waals surface area (Å²) in [5.74, 6) is 0. The van der Waals surface area contributed by atoms with E-state index in [-0.39, 0.29) is 0 Å². The van der Waals surface area contributed by atoms with E-state index in [2.05, 4.69) is 22.4 Å². The SMILES string of the molecule is CC1(C)N=NC2(c3ccccc3-c3ccccc32)S1=O. The summed E-state index contributed by atoms with van der Waals surface area (Å²) in [6.45, 7) is 3.76. The van der Waals surface area contributed by atoms with Crippen LogP contribution >= 0.6 is 0 Å². The minimum absolute atomic E-state index is 0.648. The van der Waals surface area contributed by atoms with Crippen LogP contribution < -0.4 is 0 Å². The first kappa shape index (κ1) is 12.0. The van der Waals surface area contributed by atoms with Gasteiger partial charge in [0.2, 0.25) is 4.87 Å². The van der Waals surface area contributed by atoms with Crippen LogP contribution in [0.3, 0.4) is 0 Å². The molecule has 1 aliphatic carbocycles. The standard InChI is InChI=1S/C16H14N2OS/c1-15(2)17-18-16(20(15)19)13-9-5-3-7-11(13)12-8-4-6-10-14(12)16/h3-10H,1-2H3. The number of benzene rings is 2. The molecule has 20 heavy (non-hydrogen) atoms. The number of nitrogens with zero attached hydrogens (tertiary/aromatic N) is 2. The molecule has 1 heterocycles. The predicted molar refractivity (Wildman–Crippen MR) is 79.7 cm³/mol. The molecular weight excluding hydrogens is 268 g/mol. The van der Waals surface area contributed by atoms with Gasteiger partial charge >= 0.3 is 0 Å². The van der Waals surface area contributed by atoms with E-state index in [9.17, 15) is 4.21 Å². The maximum Gasteiger partial charge on any atom is 0.209 e. The van der Waals surface area contributed by atoms with Gasteiger partial charge in [0, 0.05) is 11.1 Å². The van der Waals surface area contributed by atoms with E-state index in [0.29, 0.717) is 0 Å². The van der Waals surface area contributed by atoms with Gasteiger partial charge in [-0.1, -0.05) is 48.5 Å². The van der Waals surface area contributed by atoms with Gasteiger partial charge in [0.15, 0.2) is 4.87 Å². The lowest BCUT2D eigenvalue weighted by Crippen LogP contribution is -2.34. The largest absolute Gasteiger partial charge is 0.254 e. The Morgan fingerprint density at radius 3 is 1.80 bits per heavy atom. The molecule has 1 unspecified atom stereocenters. The zero-order valence-electron chi connectivity index (χ0n) is 11.3. The highest BCUT2D eigenvalue weighted by Gasteiger charge is 2.57. The van der Waals surface area contributed by atoms with Gasteiger partial charge in [0.05, 0.1) is 10.8 Å². The van der Waals surface area contributed by atoms with Gasteiger partial charge in [-0.3, -0.25) is 4.21 Å². The summed E-state index contributed by atoms with van der Waals surface area (Å²) < 4.78 is 13.1. The number of hydrogen-bond acceptors (Lipinski definition) is 3. The number of hydrogen-bond donors (Lipinski definition) is 0. The molecule has 1 atom stereocenters. The maximum atomic E-state index is 13.1. The van der Waals surface area contributed by atoms with Crippen LogP contribution in [0, 0.1) is 0 Å². The Balaban J connectivity index is 2.12. The highest BCUT2D eigenvalue weighted by Crippen LogP contribution is 2.56. The van der Waals surface area contributed by atoms with Crippen molar-refractivity contribution < 1.29 is 4.21 Å². The minimum atomic E-state index is -1.22. The molecule has 4 heteroatoms. The first-order valence-corrected chi connectivity index (χ1v) is 7.78. The highest BCUT2D eigenvalue weighted by molar-refractivity contribution is 7.87. The van der Waals surface area contributed by atoms with Crippen LogP contribution in [0.4, 0.5) is 0 Å². The smallest absolute Gasteiger partial charge is 0.209 e. The third-order valence-electron chi connectivity index (χ3n) is 4.03. The molecule has 2 aromatic rings. The van der Waals surface area contributed by atoms with Gasteiger partial charge < -0.3 is 0 Å². The fourth-order valence-electron chi connectivity index (χ4n) is 3.11. The Labute approximate surface area is 120 Å². The summed E-state index contributed by atoms with van der Waals surface area (Å²) in [5.41, 5.74) is 4.25. The minimum Gasteiger partial charge on any atom is -0.254 e. The number of azo groups is 1. The lowest BCUT2D eigenvalue weighted by atomic mass is 10.1. The van der Waals surface area contributed by atoms with Crippen molar-refractivity contribution in [1.29, 1.82) is 0 Å². The van der Waals surface area contributed by atoms with Crippen molar-refractivity contribution in [3.63, 3.8) is 0 Å². The van der Waals surface area contributed by atoms with Crippen LogP contribution in [-0.4, -0.2) is 9.08 Å². The van der Waals surface area contributed by atoms with Crippen molar-refractivity contribution in [2.24, 2.45) is 10.2 Å². The van der Waals surface area contributed by atoms with Crippen molar-refractivity contribution in [2.45, 2.75) is 23.6 Å². The molecule has 2 aromatic carbocycles. The summed E-state index contributed by atoms with van der Waals surface area (Å²) in [6, 6.07) is 16.2. The summed E-state index contributed by atoms with van der Waals surface area (Å²) in [5, 5.41) is 8.81. The zero-order chi connectivity index (χ0) is 14.0. The van der Waals surface area contributed by atoms with E-state index in [0.717, 1.165) is 22.3 Å². The van der Waals surface area contributed by atoms with Gasteiger partial charge in [-0.05, 0) is 25.0 Å². The molecule has 0 N–H and O–H groups in total. The first-order valence-electron chi connectivity index (χ1n) is 6.63. The van der Waals surface area contributed by atoms with Crippen molar-refractivity contribution in [3.8, 4) is 11.1 Å². The second kappa shape index (κ2) is 3.64. The molecule has 0 radical (unpaired) electrons. The van der Waals surface area contributed by atoms with Crippen LogP contribution in [0.15, 0.2) is 58.8 Å².